The van der Waals surface area contributed by atoms with Crippen LogP contribution in [0.4, 0.5) is 5.13 Å². The van der Waals surface area contributed by atoms with E-state index in [1.165, 1.54) is 0 Å². The van der Waals surface area contributed by atoms with Gasteiger partial charge in [-0.05, 0) is 43.5 Å². The van der Waals surface area contributed by atoms with Crippen LogP contribution >= 0.6 is 11.3 Å². The van der Waals surface area contributed by atoms with Crippen molar-refractivity contribution in [2.24, 2.45) is 0 Å². The molecule has 0 aliphatic rings. The Labute approximate surface area is 129 Å². The van der Waals surface area contributed by atoms with E-state index in [4.69, 9.17) is 4.74 Å². The maximum atomic E-state index is 5.70. The number of ether oxygens (including phenoxy) is 1. The van der Waals surface area contributed by atoms with Gasteiger partial charge in [0.1, 0.15) is 17.4 Å². The molecule has 0 unspecified atom stereocenters. The Morgan fingerprint density at radius 2 is 2.00 bits per heavy atom. The summed E-state index contributed by atoms with van der Waals surface area (Å²) in [7, 11) is 0. The summed E-state index contributed by atoms with van der Waals surface area (Å²) in [6.45, 7) is 11.3. The molecule has 1 aromatic carbocycles. The summed E-state index contributed by atoms with van der Waals surface area (Å²) in [5.74, 6) is 0.924. The molecule has 0 radical (unpaired) electrons. The van der Waals surface area contributed by atoms with Gasteiger partial charge in [-0.25, -0.2) is 0 Å². The molecule has 0 amide bonds. The summed E-state index contributed by atoms with van der Waals surface area (Å²) >= 11 is 1.58. The van der Waals surface area contributed by atoms with Crippen molar-refractivity contribution in [3.8, 4) is 16.3 Å². The van der Waals surface area contributed by atoms with Crippen LogP contribution in [0.1, 0.15) is 24.5 Å². The van der Waals surface area contributed by atoms with Crippen LogP contribution in [-0.4, -0.2) is 23.3 Å². The van der Waals surface area contributed by atoms with E-state index >= 15 is 0 Å². The first-order valence-electron chi connectivity index (χ1n) is 7.08. The third kappa shape index (κ3) is 3.82. The van der Waals surface area contributed by atoms with Gasteiger partial charge >= 0.3 is 0 Å². The number of rotatable bonds is 7. The van der Waals surface area contributed by atoms with E-state index in [2.05, 4.69) is 41.1 Å². The first-order chi connectivity index (χ1) is 10.2. The van der Waals surface area contributed by atoms with E-state index in [1.807, 2.05) is 13.8 Å². The minimum Gasteiger partial charge on any atom is -0.489 e. The molecule has 0 saturated heterocycles. The third-order valence-corrected chi connectivity index (χ3v) is 3.93. The van der Waals surface area contributed by atoms with Crippen molar-refractivity contribution < 1.29 is 4.74 Å². The summed E-state index contributed by atoms with van der Waals surface area (Å²) in [5.41, 5.74) is 3.29. The lowest BCUT2D eigenvalue weighted by Crippen LogP contribution is -1.98. The second-order valence-corrected chi connectivity index (χ2v) is 5.86. The maximum absolute atomic E-state index is 5.70. The van der Waals surface area contributed by atoms with Crippen LogP contribution in [0.25, 0.3) is 10.6 Å². The highest BCUT2D eigenvalue weighted by Crippen LogP contribution is 2.32. The highest BCUT2D eigenvalue weighted by atomic mass is 32.1. The van der Waals surface area contributed by atoms with E-state index in [-0.39, 0.29) is 0 Å². The molecular weight excluding hydrogens is 282 g/mol. The number of nitrogens with zero attached hydrogens (tertiary/aromatic N) is 2. The van der Waals surface area contributed by atoms with Crippen LogP contribution in [0.3, 0.4) is 0 Å². The third-order valence-electron chi connectivity index (χ3n) is 3.00. The fraction of sp³-hybridized carbons (Fsp3) is 0.375. The number of nitrogens with one attached hydrogen (secondary N) is 1. The van der Waals surface area contributed by atoms with Gasteiger partial charge in [-0.3, -0.25) is 0 Å². The molecule has 0 spiro atoms. The Bertz CT molecular complexity index is 599. The fourth-order valence-electron chi connectivity index (χ4n) is 2.09. The smallest absolute Gasteiger partial charge is 0.206 e. The van der Waals surface area contributed by atoms with Crippen molar-refractivity contribution in [1.29, 1.82) is 0 Å². The number of hydrogen-bond donors (Lipinski definition) is 1. The van der Waals surface area contributed by atoms with Gasteiger partial charge < -0.3 is 10.1 Å². The number of aromatic nitrogens is 2. The topological polar surface area (TPSA) is 47.0 Å². The summed E-state index contributed by atoms with van der Waals surface area (Å²) in [6.07, 6.45) is 2.83. The second kappa shape index (κ2) is 7.22. The van der Waals surface area contributed by atoms with Crippen LogP contribution < -0.4 is 10.1 Å². The summed E-state index contributed by atoms with van der Waals surface area (Å²) in [5, 5.41) is 13.5. The second-order valence-electron chi connectivity index (χ2n) is 4.88. The van der Waals surface area contributed by atoms with Gasteiger partial charge in [-0.15, -0.1) is 10.2 Å². The number of anilines is 1. The van der Waals surface area contributed by atoms with Gasteiger partial charge in [0, 0.05) is 12.1 Å². The highest BCUT2D eigenvalue weighted by Gasteiger charge is 2.11. The molecule has 0 saturated carbocycles. The molecule has 2 aromatic rings. The normalized spacial score (nSPS) is 10.4. The SMILES string of the molecule is C=CCOc1c(C)cc(-c2nnc(NCCC)s2)cc1C. The summed E-state index contributed by atoms with van der Waals surface area (Å²) in [6, 6.07) is 4.19. The van der Waals surface area contributed by atoms with E-state index < -0.39 is 0 Å². The van der Waals surface area contributed by atoms with Crippen molar-refractivity contribution in [3.05, 3.63) is 35.9 Å². The first kappa shape index (κ1) is 15.5. The van der Waals surface area contributed by atoms with Crippen molar-refractivity contribution in [1.82, 2.24) is 10.2 Å². The molecule has 5 heteroatoms. The minimum absolute atomic E-state index is 0.519. The zero-order valence-corrected chi connectivity index (χ0v) is 13.6. The predicted molar refractivity (Wildman–Crippen MR) is 89.3 cm³/mol. The lowest BCUT2D eigenvalue weighted by atomic mass is 10.1. The molecule has 0 aliphatic heterocycles. The summed E-state index contributed by atoms with van der Waals surface area (Å²) in [4.78, 5) is 0. The van der Waals surface area contributed by atoms with Crippen LogP contribution in [0.15, 0.2) is 24.8 Å². The molecule has 0 atom stereocenters. The molecule has 4 nitrogen and oxygen atoms in total. The van der Waals surface area contributed by atoms with Crippen LogP contribution in [-0.2, 0) is 0 Å². The van der Waals surface area contributed by atoms with E-state index in [1.54, 1.807) is 17.4 Å². The zero-order chi connectivity index (χ0) is 15.2. The summed E-state index contributed by atoms with van der Waals surface area (Å²) < 4.78 is 5.70. The van der Waals surface area contributed by atoms with Crippen molar-refractivity contribution >= 4 is 16.5 Å². The maximum Gasteiger partial charge on any atom is 0.206 e. The van der Waals surface area contributed by atoms with E-state index in [9.17, 15) is 0 Å². The average Bonchev–Trinajstić information content (AvgIpc) is 2.93. The zero-order valence-electron chi connectivity index (χ0n) is 12.8. The Morgan fingerprint density at radius 3 is 2.62 bits per heavy atom. The quantitative estimate of drug-likeness (QED) is 0.778. The molecular formula is C16H21N3OS. The van der Waals surface area contributed by atoms with Gasteiger partial charge in [-0.1, -0.05) is 30.9 Å². The van der Waals surface area contributed by atoms with Gasteiger partial charge in [-0.2, -0.15) is 0 Å². The van der Waals surface area contributed by atoms with E-state index in [0.29, 0.717) is 6.61 Å². The largest absolute Gasteiger partial charge is 0.489 e. The van der Waals surface area contributed by atoms with Gasteiger partial charge in [0.2, 0.25) is 5.13 Å². The Kier molecular flexibility index (Phi) is 5.33. The first-order valence-corrected chi connectivity index (χ1v) is 7.90. The Morgan fingerprint density at radius 1 is 1.29 bits per heavy atom. The molecule has 0 aliphatic carbocycles. The van der Waals surface area contributed by atoms with E-state index in [0.717, 1.165) is 45.5 Å². The lowest BCUT2D eigenvalue weighted by Gasteiger charge is -2.11. The molecule has 1 N–H and O–H groups in total. The standard InChI is InChI=1S/C16H21N3OS/c1-5-7-17-16-19-18-15(21-16)13-9-11(3)14(12(4)10-13)20-8-6-2/h6,9-10H,2,5,7-8H2,1,3-4H3,(H,17,19). The van der Waals surface area contributed by atoms with Gasteiger partial charge in [0.05, 0.1) is 0 Å². The molecule has 0 fully saturated rings. The monoisotopic (exact) mass is 303 g/mol. The van der Waals surface area contributed by atoms with Crippen LogP contribution in [0.2, 0.25) is 0 Å². The molecule has 0 bridgehead atoms. The molecule has 112 valence electrons. The van der Waals surface area contributed by atoms with Crippen molar-refractivity contribution in [3.63, 3.8) is 0 Å². The van der Waals surface area contributed by atoms with Crippen molar-refractivity contribution in [2.45, 2.75) is 27.2 Å². The van der Waals surface area contributed by atoms with Crippen molar-refractivity contribution in [2.75, 3.05) is 18.5 Å². The van der Waals surface area contributed by atoms with Crippen LogP contribution in [0.5, 0.6) is 5.75 Å². The number of benzene rings is 1. The molecule has 2 rings (SSSR count). The molecule has 1 aromatic heterocycles. The number of aryl methyl sites for hydroxylation is 2. The Hall–Kier alpha value is -1.88. The highest BCUT2D eigenvalue weighted by molar-refractivity contribution is 7.18. The average molecular weight is 303 g/mol. The molecule has 1 heterocycles. The van der Waals surface area contributed by atoms with Crippen LogP contribution in [0, 0.1) is 13.8 Å². The van der Waals surface area contributed by atoms with Gasteiger partial charge in [0.25, 0.3) is 0 Å². The minimum atomic E-state index is 0.519. The van der Waals surface area contributed by atoms with Gasteiger partial charge in [0.15, 0.2) is 0 Å². The number of hydrogen-bond acceptors (Lipinski definition) is 5. The predicted octanol–water partition coefficient (Wildman–Crippen LogP) is 4.21. The fourth-order valence-corrected chi connectivity index (χ4v) is 2.84. The Balaban J connectivity index is 2.24. The lowest BCUT2D eigenvalue weighted by molar-refractivity contribution is 0.358. The molecule has 21 heavy (non-hydrogen) atoms.